The molecule has 0 radical (unpaired) electrons. The van der Waals surface area contributed by atoms with Gasteiger partial charge in [-0.05, 0) is 57.9 Å². The third kappa shape index (κ3) is 6.99. The third-order valence-electron chi connectivity index (χ3n) is 4.37. The van der Waals surface area contributed by atoms with Gasteiger partial charge in [0.15, 0.2) is 11.4 Å². The van der Waals surface area contributed by atoms with Gasteiger partial charge in [-0.25, -0.2) is 14.6 Å². The Labute approximate surface area is 190 Å². The first-order valence-electron chi connectivity index (χ1n) is 10.3. The molecule has 4 N–H and O–H groups in total. The van der Waals surface area contributed by atoms with Gasteiger partial charge in [0.05, 0.1) is 0 Å². The van der Waals surface area contributed by atoms with Gasteiger partial charge in [0.2, 0.25) is 5.91 Å². The SMILES string of the molecule is CC(C)(C)OC(=O)NCC(=O)Nc1ccc(N=NC2(C(=O)Oc3ccccc3)CC2)c(N)n1. The summed E-state index contributed by atoms with van der Waals surface area (Å²) in [4.78, 5) is 40.2. The molecule has 1 fully saturated rings. The van der Waals surface area contributed by atoms with Crippen LogP contribution < -0.4 is 21.1 Å². The number of anilines is 2. The van der Waals surface area contributed by atoms with Crippen molar-refractivity contribution < 1.29 is 23.9 Å². The van der Waals surface area contributed by atoms with E-state index in [1.807, 2.05) is 6.07 Å². The number of hydrogen-bond donors (Lipinski definition) is 3. The highest BCUT2D eigenvalue weighted by Gasteiger charge is 2.53. The molecule has 11 heteroatoms. The lowest BCUT2D eigenvalue weighted by Crippen LogP contribution is -2.37. The van der Waals surface area contributed by atoms with Crippen LogP contribution in [0.4, 0.5) is 22.1 Å². The highest BCUT2D eigenvalue weighted by Crippen LogP contribution is 2.42. The van der Waals surface area contributed by atoms with Gasteiger partial charge in [0, 0.05) is 0 Å². The van der Waals surface area contributed by atoms with E-state index >= 15 is 0 Å². The number of nitrogens with one attached hydrogen (secondary N) is 2. The minimum Gasteiger partial charge on any atom is -0.444 e. The number of benzene rings is 1. The lowest BCUT2D eigenvalue weighted by atomic mass is 10.2. The molecule has 1 heterocycles. The van der Waals surface area contributed by atoms with Crippen LogP contribution in [0.5, 0.6) is 5.75 Å². The number of nitrogens with two attached hydrogens (primary N) is 1. The first-order chi connectivity index (χ1) is 15.6. The van der Waals surface area contributed by atoms with E-state index < -0.39 is 29.1 Å². The Morgan fingerprint density at radius 1 is 1.12 bits per heavy atom. The number of para-hydroxylation sites is 1. The Bertz CT molecular complexity index is 1060. The quantitative estimate of drug-likeness (QED) is 0.329. The number of ether oxygens (including phenoxy) is 2. The van der Waals surface area contributed by atoms with Crippen molar-refractivity contribution in [3.63, 3.8) is 0 Å². The van der Waals surface area contributed by atoms with Crippen LogP contribution in [0.1, 0.15) is 33.6 Å². The summed E-state index contributed by atoms with van der Waals surface area (Å²) < 4.78 is 10.4. The minimum absolute atomic E-state index is 0.0175. The van der Waals surface area contributed by atoms with Crippen LogP contribution in [-0.4, -0.2) is 40.6 Å². The summed E-state index contributed by atoms with van der Waals surface area (Å²) in [5, 5.41) is 13.1. The van der Waals surface area contributed by atoms with E-state index in [1.54, 1.807) is 45.0 Å². The number of aromatic nitrogens is 1. The van der Waals surface area contributed by atoms with Crippen LogP contribution in [-0.2, 0) is 14.3 Å². The third-order valence-corrected chi connectivity index (χ3v) is 4.37. The van der Waals surface area contributed by atoms with Gasteiger partial charge in [0.1, 0.15) is 29.4 Å². The lowest BCUT2D eigenvalue weighted by molar-refractivity contribution is -0.137. The fourth-order valence-electron chi connectivity index (χ4n) is 2.58. The van der Waals surface area contributed by atoms with Gasteiger partial charge in [0.25, 0.3) is 0 Å². The number of amides is 2. The molecule has 0 saturated heterocycles. The fraction of sp³-hybridized carbons (Fsp3) is 0.364. The summed E-state index contributed by atoms with van der Waals surface area (Å²) in [5.74, 6) is -0.365. The van der Waals surface area contributed by atoms with Gasteiger partial charge in [-0.15, -0.1) is 0 Å². The zero-order valence-electron chi connectivity index (χ0n) is 18.6. The number of esters is 1. The number of carbonyl (C=O) groups is 3. The van der Waals surface area contributed by atoms with Crippen LogP contribution >= 0.6 is 0 Å². The number of nitrogen functional groups attached to an aromatic ring is 1. The van der Waals surface area contributed by atoms with Gasteiger partial charge in [-0.1, -0.05) is 18.2 Å². The molecule has 0 bridgehead atoms. The number of alkyl carbamates (subject to hydrolysis) is 1. The smallest absolute Gasteiger partial charge is 0.408 e. The monoisotopic (exact) mass is 454 g/mol. The maximum Gasteiger partial charge on any atom is 0.408 e. The Morgan fingerprint density at radius 3 is 2.42 bits per heavy atom. The van der Waals surface area contributed by atoms with E-state index in [9.17, 15) is 14.4 Å². The zero-order valence-corrected chi connectivity index (χ0v) is 18.6. The number of azo groups is 1. The molecule has 11 nitrogen and oxygen atoms in total. The standard InChI is InChI=1S/C22H26N6O5/c1-21(2,3)33-20(31)24-13-17(29)25-16-10-9-15(18(23)26-16)27-28-22(11-12-22)19(30)32-14-7-5-4-6-8-14/h4-10H,11-13H2,1-3H3,(H,24,31)(H3,23,25,26,29). The second kappa shape index (κ2) is 9.63. The highest BCUT2D eigenvalue weighted by molar-refractivity contribution is 5.93. The van der Waals surface area contributed by atoms with Crippen LogP contribution in [0.3, 0.4) is 0 Å². The van der Waals surface area contributed by atoms with E-state index in [4.69, 9.17) is 15.2 Å². The largest absolute Gasteiger partial charge is 0.444 e. The summed E-state index contributed by atoms with van der Waals surface area (Å²) >= 11 is 0. The summed E-state index contributed by atoms with van der Waals surface area (Å²) in [6, 6.07) is 11.7. The molecular formula is C22H26N6O5. The maximum absolute atomic E-state index is 12.5. The second-order valence-electron chi connectivity index (χ2n) is 8.44. The Hall–Kier alpha value is -4.02. The van der Waals surface area contributed by atoms with Crippen molar-refractivity contribution in [2.24, 2.45) is 10.2 Å². The highest BCUT2D eigenvalue weighted by atomic mass is 16.6. The molecule has 1 aromatic carbocycles. The predicted octanol–water partition coefficient (Wildman–Crippen LogP) is 3.35. The van der Waals surface area contributed by atoms with Crippen LogP contribution in [0.25, 0.3) is 0 Å². The van der Waals surface area contributed by atoms with Gasteiger partial charge < -0.3 is 25.8 Å². The van der Waals surface area contributed by atoms with E-state index in [0.717, 1.165) is 0 Å². The Balaban J connectivity index is 1.55. The average Bonchev–Trinajstić information content (AvgIpc) is 3.52. The van der Waals surface area contributed by atoms with Crippen LogP contribution in [0.2, 0.25) is 0 Å². The molecular weight excluding hydrogens is 428 g/mol. The van der Waals surface area contributed by atoms with Crippen molar-refractivity contribution in [1.82, 2.24) is 10.3 Å². The van der Waals surface area contributed by atoms with Gasteiger partial charge >= 0.3 is 12.1 Å². The molecule has 1 aromatic heterocycles. The number of pyridine rings is 1. The van der Waals surface area contributed by atoms with Crippen molar-refractivity contribution in [2.75, 3.05) is 17.6 Å². The molecule has 1 aliphatic carbocycles. The minimum atomic E-state index is -1.03. The predicted molar refractivity (Wildman–Crippen MR) is 120 cm³/mol. The molecule has 3 rings (SSSR count). The Morgan fingerprint density at radius 2 is 1.82 bits per heavy atom. The van der Waals surface area contributed by atoms with E-state index in [2.05, 4.69) is 25.8 Å². The second-order valence-corrected chi connectivity index (χ2v) is 8.44. The molecule has 2 amide bonds. The fourth-order valence-corrected chi connectivity index (χ4v) is 2.58. The van der Waals surface area contributed by atoms with Gasteiger partial charge in [-0.2, -0.15) is 10.2 Å². The van der Waals surface area contributed by atoms with E-state index in [1.165, 1.54) is 12.1 Å². The van der Waals surface area contributed by atoms with Gasteiger partial charge in [-0.3, -0.25) is 4.79 Å². The molecule has 0 aliphatic heterocycles. The lowest BCUT2D eigenvalue weighted by Gasteiger charge is -2.19. The summed E-state index contributed by atoms with van der Waals surface area (Å²) in [7, 11) is 0. The normalized spacial score (nSPS) is 14.4. The molecule has 0 atom stereocenters. The van der Waals surface area contributed by atoms with Crippen molar-refractivity contribution in [3.8, 4) is 5.75 Å². The first-order valence-corrected chi connectivity index (χ1v) is 10.3. The molecule has 1 aliphatic rings. The summed E-state index contributed by atoms with van der Waals surface area (Å²) in [6.07, 6.45) is 0.337. The molecule has 174 valence electrons. The molecule has 0 unspecified atom stereocenters. The van der Waals surface area contributed by atoms with Crippen LogP contribution in [0.15, 0.2) is 52.7 Å². The zero-order chi connectivity index (χ0) is 24.1. The molecule has 1 saturated carbocycles. The van der Waals surface area contributed by atoms with Crippen LogP contribution in [0, 0.1) is 0 Å². The number of nitrogens with zero attached hydrogens (tertiary/aromatic N) is 3. The number of carbonyl (C=O) groups excluding carboxylic acids is 3. The Kier molecular flexibility index (Phi) is 6.90. The maximum atomic E-state index is 12.5. The summed E-state index contributed by atoms with van der Waals surface area (Å²) in [6.45, 7) is 4.85. The average molecular weight is 454 g/mol. The molecule has 0 spiro atoms. The summed E-state index contributed by atoms with van der Waals surface area (Å²) in [5.41, 5.74) is 4.47. The topological polar surface area (TPSA) is 157 Å². The van der Waals surface area contributed by atoms with Crippen molar-refractivity contribution in [2.45, 2.75) is 44.8 Å². The molecule has 33 heavy (non-hydrogen) atoms. The van der Waals surface area contributed by atoms with E-state index in [-0.39, 0.29) is 23.9 Å². The first kappa shape index (κ1) is 23.6. The molecule has 2 aromatic rings. The van der Waals surface area contributed by atoms with Crippen molar-refractivity contribution in [1.29, 1.82) is 0 Å². The van der Waals surface area contributed by atoms with E-state index in [0.29, 0.717) is 18.6 Å². The number of hydrogen-bond acceptors (Lipinski definition) is 9. The van der Waals surface area contributed by atoms with Crippen molar-refractivity contribution in [3.05, 3.63) is 42.5 Å². The number of rotatable bonds is 7. The van der Waals surface area contributed by atoms with Crippen molar-refractivity contribution >= 4 is 35.3 Å².